The molecule has 1 aliphatic heterocycles. The monoisotopic (exact) mass is 226 g/mol. The molecule has 2 nitrogen and oxygen atoms in total. The molecular weight excluding hydrogens is 196 g/mol. The third kappa shape index (κ3) is 3.74. The molecule has 0 radical (unpaired) electrons. The number of hydrogen-bond donors (Lipinski definition) is 1. The van der Waals surface area contributed by atoms with Crippen molar-refractivity contribution < 1.29 is 0 Å². The molecule has 2 heteroatoms. The normalized spacial score (nSPS) is 28.3. The quantitative estimate of drug-likeness (QED) is 0.793. The maximum Gasteiger partial charge on any atom is 0.0253 e. The molecule has 1 aliphatic rings. The SMILES string of the molecule is CCC1CNC(C)(C)CN1C(C)CC(C)C. The van der Waals surface area contributed by atoms with Crippen molar-refractivity contribution in [3.63, 3.8) is 0 Å². The lowest BCUT2D eigenvalue weighted by Crippen LogP contribution is -2.63. The zero-order chi connectivity index (χ0) is 12.3. The summed E-state index contributed by atoms with van der Waals surface area (Å²) in [6.45, 7) is 16.3. The standard InChI is InChI=1S/C14H30N2/c1-7-13-9-15-14(5,6)10-16(13)12(4)8-11(2)3/h11-13,15H,7-10H2,1-6H3. The van der Waals surface area contributed by atoms with Crippen LogP contribution in [0.4, 0.5) is 0 Å². The average Bonchev–Trinajstić information content (AvgIpc) is 2.15. The minimum absolute atomic E-state index is 0.275. The average molecular weight is 226 g/mol. The highest BCUT2D eigenvalue weighted by Gasteiger charge is 2.33. The Morgan fingerprint density at radius 3 is 2.44 bits per heavy atom. The summed E-state index contributed by atoms with van der Waals surface area (Å²) in [5, 5.41) is 3.66. The van der Waals surface area contributed by atoms with E-state index in [-0.39, 0.29) is 5.54 Å². The Balaban J connectivity index is 2.64. The Morgan fingerprint density at radius 2 is 1.94 bits per heavy atom. The summed E-state index contributed by atoms with van der Waals surface area (Å²) < 4.78 is 0. The maximum atomic E-state index is 3.66. The summed E-state index contributed by atoms with van der Waals surface area (Å²) in [7, 11) is 0. The van der Waals surface area contributed by atoms with Crippen molar-refractivity contribution in [3.05, 3.63) is 0 Å². The van der Waals surface area contributed by atoms with Gasteiger partial charge in [0.2, 0.25) is 0 Å². The van der Waals surface area contributed by atoms with Crippen molar-refractivity contribution >= 4 is 0 Å². The van der Waals surface area contributed by atoms with E-state index >= 15 is 0 Å². The molecule has 2 unspecified atom stereocenters. The van der Waals surface area contributed by atoms with E-state index in [4.69, 9.17) is 0 Å². The number of piperazine rings is 1. The van der Waals surface area contributed by atoms with Crippen LogP contribution in [0.15, 0.2) is 0 Å². The van der Waals surface area contributed by atoms with Gasteiger partial charge < -0.3 is 5.32 Å². The van der Waals surface area contributed by atoms with Gasteiger partial charge in [0.25, 0.3) is 0 Å². The predicted molar refractivity (Wildman–Crippen MR) is 71.8 cm³/mol. The van der Waals surface area contributed by atoms with Gasteiger partial charge in [0.15, 0.2) is 0 Å². The van der Waals surface area contributed by atoms with E-state index in [2.05, 4.69) is 51.8 Å². The number of nitrogens with zero attached hydrogens (tertiary/aromatic N) is 1. The number of rotatable bonds is 4. The second-order valence-electron chi connectivity index (χ2n) is 6.48. The molecule has 1 fully saturated rings. The van der Waals surface area contributed by atoms with E-state index in [0.29, 0.717) is 6.04 Å². The van der Waals surface area contributed by atoms with Crippen molar-refractivity contribution in [1.29, 1.82) is 0 Å². The van der Waals surface area contributed by atoms with E-state index in [1.165, 1.54) is 19.4 Å². The molecule has 0 bridgehead atoms. The largest absolute Gasteiger partial charge is 0.309 e. The fourth-order valence-electron chi connectivity index (χ4n) is 2.86. The van der Waals surface area contributed by atoms with Crippen LogP contribution >= 0.6 is 0 Å². The van der Waals surface area contributed by atoms with E-state index < -0.39 is 0 Å². The first-order chi connectivity index (χ1) is 7.35. The van der Waals surface area contributed by atoms with Crippen LogP contribution in [0.3, 0.4) is 0 Å². The number of nitrogens with one attached hydrogen (secondary N) is 1. The third-order valence-corrected chi connectivity index (χ3v) is 3.71. The second kappa shape index (κ2) is 5.50. The van der Waals surface area contributed by atoms with Gasteiger partial charge in [-0.25, -0.2) is 0 Å². The molecule has 1 saturated heterocycles. The fraction of sp³-hybridized carbons (Fsp3) is 1.00. The van der Waals surface area contributed by atoms with Gasteiger partial charge in [0, 0.05) is 30.7 Å². The lowest BCUT2D eigenvalue weighted by Gasteiger charge is -2.47. The van der Waals surface area contributed by atoms with Crippen LogP contribution < -0.4 is 5.32 Å². The highest BCUT2D eigenvalue weighted by molar-refractivity contribution is 4.93. The van der Waals surface area contributed by atoms with Crippen LogP contribution in [0, 0.1) is 5.92 Å². The summed E-state index contributed by atoms with van der Waals surface area (Å²) in [6, 6.07) is 1.44. The van der Waals surface area contributed by atoms with E-state index in [9.17, 15) is 0 Å². The molecule has 0 aliphatic carbocycles. The summed E-state index contributed by atoms with van der Waals surface area (Å²) in [6.07, 6.45) is 2.57. The first kappa shape index (κ1) is 14.0. The Bertz CT molecular complexity index is 211. The van der Waals surface area contributed by atoms with Crippen LogP contribution in [-0.4, -0.2) is 35.6 Å². The van der Waals surface area contributed by atoms with Gasteiger partial charge in [-0.2, -0.15) is 0 Å². The molecule has 96 valence electrons. The Kier molecular flexibility index (Phi) is 4.81. The molecule has 2 atom stereocenters. The molecule has 0 aromatic carbocycles. The van der Waals surface area contributed by atoms with Crippen LogP contribution in [0.2, 0.25) is 0 Å². The van der Waals surface area contributed by atoms with Gasteiger partial charge >= 0.3 is 0 Å². The highest BCUT2D eigenvalue weighted by Crippen LogP contribution is 2.22. The molecule has 0 amide bonds. The summed E-state index contributed by atoms with van der Waals surface area (Å²) in [5.41, 5.74) is 0.275. The van der Waals surface area contributed by atoms with Gasteiger partial charge in [-0.15, -0.1) is 0 Å². The van der Waals surface area contributed by atoms with Crippen molar-refractivity contribution in [3.8, 4) is 0 Å². The molecule has 0 aromatic heterocycles. The van der Waals surface area contributed by atoms with Crippen molar-refractivity contribution in [1.82, 2.24) is 10.2 Å². The molecule has 0 saturated carbocycles. The van der Waals surface area contributed by atoms with Gasteiger partial charge in [-0.1, -0.05) is 20.8 Å². The van der Waals surface area contributed by atoms with Gasteiger partial charge in [0.1, 0.15) is 0 Å². The van der Waals surface area contributed by atoms with Gasteiger partial charge in [0.05, 0.1) is 0 Å². The van der Waals surface area contributed by atoms with Gasteiger partial charge in [-0.05, 0) is 39.5 Å². The molecule has 1 heterocycles. The van der Waals surface area contributed by atoms with E-state index in [0.717, 1.165) is 18.5 Å². The molecule has 1 rings (SSSR count). The summed E-state index contributed by atoms with van der Waals surface area (Å²) in [5.74, 6) is 0.797. The lowest BCUT2D eigenvalue weighted by atomic mass is 9.93. The van der Waals surface area contributed by atoms with Crippen LogP contribution in [0.5, 0.6) is 0 Å². The molecule has 16 heavy (non-hydrogen) atoms. The third-order valence-electron chi connectivity index (χ3n) is 3.71. The van der Waals surface area contributed by atoms with E-state index in [1.54, 1.807) is 0 Å². The summed E-state index contributed by atoms with van der Waals surface area (Å²) >= 11 is 0. The minimum atomic E-state index is 0.275. The Hall–Kier alpha value is -0.0800. The van der Waals surface area contributed by atoms with E-state index in [1.807, 2.05) is 0 Å². The summed E-state index contributed by atoms with van der Waals surface area (Å²) in [4.78, 5) is 2.72. The van der Waals surface area contributed by atoms with Crippen LogP contribution in [0.25, 0.3) is 0 Å². The zero-order valence-electron chi connectivity index (χ0n) is 12.0. The van der Waals surface area contributed by atoms with Crippen molar-refractivity contribution in [2.24, 2.45) is 5.92 Å². The molecule has 0 spiro atoms. The Labute approximate surface area is 102 Å². The number of hydrogen-bond acceptors (Lipinski definition) is 2. The minimum Gasteiger partial charge on any atom is -0.309 e. The smallest absolute Gasteiger partial charge is 0.0253 e. The van der Waals surface area contributed by atoms with Crippen molar-refractivity contribution in [2.45, 2.75) is 72.0 Å². The fourth-order valence-corrected chi connectivity index (χ4v) is 2.86. The maximum absolute atomic E-state index is 3.66. The first-order valence-electron chi connectivity index (χ1n) is 6.86. The van der Waals surface area contributed by atoms with Gasteiger partial charge in [-0.3, -0.25) is 4.90 Å². The van der Waals surface area contributed by atoms with Crippen molar-refractivity contribution in [2.75, 3.05) is 13.1 Å². The highest BCUT2D eigenvalue weighted by atomic mass is 15.3. The zero-order valence-corrected chi connectivity index (χ0v) is 12.0. The topological polar surface area (TPSA) is 15.3 Å². The molecule has 0 aromatic rings. The Morgan fingerprint density at radius 1 is 1.31 bits per heavy atom. The van der Waals surface area contributed by atoms with Crippen LogP contribution in [-0.2, 0) is 0 Å². The second-order valence-corrected chi connectivity index (χ2v) is 6.48. The molecule has 1 N–H and O–H groups in total. The lowest BCUT2D eigenvalue weighted by molar-refractivity contribution is 0.0504. The molecular formula is C14H30N2. The van der Waals surface area contributed by atoms with Crippen LogP contribution in [0.1, 0.15) is 54.4 Å². The first-order valence-corrected chi connectivity index (χ1v) is 6.86. The predicted octanol–water partition coefficient (Wildman–Crippen LogP) is 2.88.